The molecule has 0 saturated carbocycles. The van der Waals surface area contributed by atoms with Crippen molar-refractivity contribution in [3.8, 4) is 5.75 Å². The van der Waals surface area contributed by atoms with Crippen molar-refractivity contribution in [3.05, 3.63) is 59.1 Å². The van der Waals surface area contributed by atoms with E-state index in [1.54, 1.807) is 0 Å². The zero-order valence-corrected chi connectivity index (χ0v) is 16.5. The highest BCUT2D eigenvalue weighted by molar-refractivity contribution is 6.31. The lowest BCUT2D eigenvalue weighted by Gasteiger charge is -2.37. The number of nitrogens with zero attached hydrogens (tertiary/aromatic N) is 3. The number of hydrogen-bond acceptors (Lipinski definition) is 4. The molecule has 0 bridgehead atoms. The predicted octanol–water partition coefficient (Wildman–Crippen LogP) is 4.92. The molecule has 1 aliphatic rings. The molecule has 4 nitrogen and oxygen atoms in total. The zero-order valence-electron chi connectivity index (χ0n) is 15.8. The standard InChI is InChI=1S/C22H24ClN3O/c1-3-27-21-7-5-4-6-20(21)25-10-12-26(13-11-25)22-14-16(2)18-9-8-17(23)15-19(18)24-22/h4-9,14-15H,3,10-13H2,1-2H3. The number of pyridine rings is 1. The number of anilines is 2. The molecule has 5 heteroatoms. The van der Waals surface area contributed by atoms with Crippen LogP contribution in [-0.4, -0.2) is 37.8 Å². The van der Waals surface area contributed by atoms with Gasteiger partial charge in [0.15, 0.2) is 0 Å². The van der Waals surface area contributed by atoms with Crippen molar-refractivity contribution in [2.75, 3.05) is 42.6 Å². The number of halogens is 1. The maximum atomic E-state index is 6.16. The second-order valence-electron chi connectivity index (χ2n) is 6.83. The Labute approximate surface area is 165 Å². The zero-order chi connectivity index (χ0) is 18.8. The van der Waals surface area contributed by atoms with Gasteiger partial charge in [0.25, 0.3) is 0 Å². The molecule has 0 N–H and O–H groups in total. The highest BCUT2D eigenvalue weighted by Gasteiger charge is 2.21. The fourth-order valence-electron chi connectivity index (χ4n) is 3.69. The van der Waals surface area contributed by atoms with Gasteiger partial charge in [-0.2, -0.15) is 0 Å². The molecule has 2 aromatic carbocycles. The Morgan fingerprint density at radius 3 is 2.52 bits per heavy atom. The summed E-state index contributed by atoms with van der Waals surface area (Å²) in [4.78, 5) is 9.61. The molecule has 1 fully saturated rings. The van der Waals surface area contributed by atoms with Crippen LogP contribution >= 0.6 is 11.6 Å². The predicted molar refractivity (Wildman–Crippen MR) is 114 cm³/mol. The summed E-state index contributed by atoms with van der Waals surface area (Å²) < 4.78 is 5.80. The molecule has 3 aromatic rings. The lowest BCUT2D eigenvalue weighted by atomic mass is 10.1. The first-order chi connectivity index (χ1) is 13.2. The SMILES string of the molecule is CCOc1ccccc1N1CCN(c2cc(C)c3ccc(Cl)cc3n2)CC1. The first-order valence-corrected chi connectivity index (χ1v) is 9.82. The third-order valence-corrected chi connectivity index (χ3v) is 5.31. The number of fused-ring (bicyclic) bond motifs is 1. The summed E-state index contributed by atoms with van der Waals surface area (Å²) >= 11 is 6.16. The van der Waals surface area contributed by atoms with Gasteiger partial charge in [-0.1, -0.05) is 29.8 Å². The summed E-state index contributed by atoms with van der Waals surface area (Å²) in [5, 5.41) is 1.89. The fraction of sp³-hybridized carbons (Fsp3) is 0.318. The Morgan fingerprint density at radius 2 is 1.74 bits per heavy atom. The summed E-state index contributed by atoms with van der Waals surface area (Å²) in [5.41, 5.74) is 3.37. The maximum Gasteiger partial charge on any atom is 0.142 e. The minimum atomic E-state index is 0.680. The highest BCUT2D eigenvalue weighted by Crippen LogP contribution is 2.30. The molecule has 27 heavy (non-hydrogen) atoms. The lowest BCUT2D eigenvalue weighted by molar-refractivity contribution is 0.340. The molecule has 1 aliphatic heterocycles. The summed E-state index contributed by atoms with van der Waals surface area (Å²) in [6.45, 7) is 8.58. The average Bonchev–Trinajstić information content (AvgIpc) is 2.68. The van der Waals surface area contributed by atoms with E-state index < -0.39 is 0 Å². The van der Waals surface area contributed by atoms with E-state index >= 15 is 0 Å². The topological polar surface area (TPSA) is 28.6 Å². The largest absolute Gasteiger partial charge is 0.492 e. The normalized spacial score (nSPS) is 14.6. The molecule has 0 amide bonds. The molecule has 1 saturated heterocycles. The summed E-state index contributed by atoms with van der Waals surface area (Å²) in [6, 6.07) is 16.4. The Balaban J connectivity index is 1.54. The van der Waals surface area contributed by atoms with Crippen molar-refractivity contribution in [2.24, 2.45) is 0 Å². The van der Waals surface area contributed by atoms with Crippen molar-refractivity contribution < 1.29 is 4.74 Å². The van der Waals surface area contributed by atoms with Gasteiger partial charge in [0, 0.05) is 36.6 Å². The number of rotatable bonds is 4. The van der Waals surface area contributed by atoms with Crippen LogP contribution in [-0.2, 0) is 0 Å². The Morgan fingerprint density at radius 1 is 1.00 bits per heavy atom. The number of ether oxygens (including phenoxy) is 1. The van der Waals surface area contributed by atoms with Gasteiger partial charge in [0.2, 0.25) is 0 Å². The number of benzene rings is 2. The van der Waals surface area contributed by atoms with Crippen LogP contribution in [0.5, 0.6) is 5.75 Å². The Bertz CT molecular complexity index is 951. The van der Waals surface area contributed by atoms with E-state index in [1.807, 2.05) is 37.3 Å². The Hall–Kier alpha value is -2.46. The van der Waals surface area contributed by atoms with E-state index in [1.165, 1.54) is 11.3 Å². The van der Waals surface area contributed by atoms with Gasteiger partial charge in [-0.05, 0) is 49.7 Å². The molecule has 0 spiro atoms. The van der Waals surface area contributed by atoms with Gasteiger partial charge in [-0.25, -0.2) is 4.98 Å². The first-order valence-electron chi connectivity index (χ1n) is 9.44. The molecule has 140 valence electrons. The Kier molecular flexibility index (Phi) is 5.08. The van der Waals surface area contributed by atoms with Crippen LogP contribution in [0.1, 0.15) is 12.5 Å². The molecule has 0 radical (unpaired) electrons. The quantitative estimate of drug-likeness (QED) is 0.641. The van der Waals surface area contributed by atoms with Crippen LogP contribution in [0, 0.1) is 6.92 Å². The van der Waals surface area contributed by atoms with Gasteiger partial charge < -0.3 is 14.5 Å². The second kappa shape index (κ2) is 7.65. The van der Waals surface area contributed by atoms with E-state index in [4.69, 9.17) is 21.3 Å². The molecular weight excluding hydrogens is 358 g/mol. The smallest absolute Gasteiger partial charge is 0.142 e. The molecule has 1 aromatic heterocycles. The number of piperazine rings is 1. The maximum absolute atomic E-state index is 6.16. The summed E-state index contributed by atoms with van der Waals surface area (Å²) in [7, 11) is 0. The van der Waals surface area contributed by atoms with Gasteiger partial charge in [0.1, 0.15) is 11.6 Å². The van der Waals surface area contributed by atoms with Crippen molar-refractivity contribution >= 4 is 34.0 Å². The third-order valence-electron chi connectivity index (χ3n) is 5.07. The monoisotopic (exact) mass is 381 g/mol. The van der Waals surface area contributed by atoms with E-state index in [0.717, 1.165) is 53.7 Å². The molecule has 0 aliphatic carbocycles. The van der Waals surface area contributed by atoms with Crippen LogP contribution < -0.4 is 14.5 Å². The second-order valence-corrected chi connectivity index (χ2v) is 7.27. The van der Waals surface area contributed by atoms with Crippen molar-refractivity contribution in [1.29, 1.82) is 0 Å². The molecule has 0 unspecified atom stereocenters. The van der Waals surface area contributed by atoms with Crippen LogP contribution in [0.15, 0.2) is 48.5 Å². The average molecular weight is 382 g/mol. The number of aromatic nitrogens is 1. The van der Waals surface area contributed by atoms with E-state index in [-0.39, 0.29) is 0 Å². The molecular formula is C22H24ClN3O. The van der Waals surface area contributed by atoms with Crippen molar-refractivity contribution in [3.63, 3.8) is 0 Å². The lowest BCUT2D eigenvalue weighted by Crippen LogP contribution is -2.47. The van der Waals surface area contributed by atoms with Crippen LogP contribution in [0.4, 0.5) is 11.5 Å². The summed E-state index contributed by atoms with van der Waals surface area (Å²) in [5.74, 6) is 1.99. The minimum absolute atomic E-state index is 0.680. The first kappa shape index (κ1) is 17.9. The van der Waals surface area contributed by atoms with E-state index in [9.17, 15) is 0 Å². The van der Waals surface area contributed by atoms with Gasteiger partial charge in [-0.15, -0.1) is 0 Å². The van der Waals surface area contributed by atoms with E-state index in [2.05, 4.69) is 34.9 Å². The number of hydrogen-bond donors (Lipinski definition) is 0. The number of aryl methyl sites for hydroxylation is 1. The molecule has 2 heterocycles. The van der Waals surface area contributed by atoms with Gasteiger partial charge >= 0.3 is 0 Å². The third kappa shape index (κ3) is 3.67. The van der Waals surface area contributed by atoms with Crippen LogP contribution in [0.2, 0.25) is 5.02 Å². The molecule has 4 rings (SSSR count). The minimum Gasteiger partial charge on any atom is -0.492 e. The van der Waals surface area contributed by atoms with Gasteiger partial charge in [0.05, 0.1) is 17.8 Å². The highest BCUT2D eigenvalue weighted by atomic mass is 35.5. The molecule has 0 atom stereocenters. The number of para-hydroxylation sites is 2. The van der Waals surface area contributed by atoms with Crippen LogP contribution in [0.25, 0.3) is 10.9 Å². The van der Waals surface area contributed by atoms with E-state index in [0.29, 0.717) is 6.61 Å². The van der Waals surface area contributed by atoms with Gasteiger partial charge in [-0.3, -0.25) is 0 Å². The summed E-state index contributed by atoms with van der Waals surface area (Å²) in [6.07, 6.45) is 0. The van der Waals surface area contributed by atoms with Crippen molar-refractivity contribution in [1.82, 2.24) is 4.98 Å². The fourth-order valence-corrected chi connectivity index (χ4v) is 3.86. The van der Waals surface area contributed by atoms with Crippen LogP contribution in [0.3, 0.4) is 0 Å². The van der Waals surface area contributed by atoms with Crippen molar-refractivity contribution in [2.45, 2.75) is 13.8 Å².